The van der Waals surface area contributed by atoms with Crippen LogP contribution in [0, 0.1) is 17.8 Å². The van der Waals surface area contributed by atoms with Crippen molar-refractivity contribution in [2.24, 2.45) is 17.8 Å². The Kier molecular flexibility index (Phi) is 2.32. The number of fused-ring (bicyclic) bond motifs is 1. The molecule has 0 aliphatic heterocycles. The lowest BCUT2D eigenvalue weighted by atomic mass is 10.1. The lowest BCUT2D eigenvalue weighted by Crippen LogP contribution is -2.16. The summed E-state index contributed by atoms with van der Waals surface area (Å²) in [4.78, 5) is 15.9. The summed E-state index contributed by atoms with van der Waals surface area (Å²) in [7, 11) is 0. The van der Waals surface area contributed by atoms with E-state index in [-0.39, 0.29) is 11.8 Å². The Morgan fingerprint density at radius 1 is 1.53 bits per heavy atom. The highest BCUT2D eigenvalue weighted by atomic mass is 79.9. The molecule has 1 N–H and O–H groups in total. The molecule has 1 aromatic rings. The fraction of sp³-hybridized carbons (Fsp3) is 0.600. The Morgan fingerprint density at radius 2 is 2.27 bits per heavy atom. The molecule has 5 heteroatoms. The van der Waals surface area contributed by atoms with Crippen LogP contribution in [0.25, 0.3) is 0 Å². The van der Waals surface area contributed by atoms with E-state index in [2.05, 4.69) is 26.2 Å². The molecule has 2 fully saturated rings. The number of hydrogen-bond donors (Lipinski definition) is 1. The van der Waals surface area contributed by atoms with E-state index in [0.29, 0.717) is 17.0 Å². The SMILES string of the molecule is O=C(Nc1ncc(Br)s1)C1C2CCCC21. The largest absolute Gasteiger partial charge is 0.302 e. The number of rotatable bonds is 2. The third-order valence-corrected chi connectivity index (χ3v) is 4.81. The van der Waals surface area contributed by atoms with Gasteiger partial charge in [0.2, 0.25) is 5.91 Å². The number of amides is 1. The Labute approximate surface area is 100 Å². The molecule has 15 heavy (non-hydrogen) atoms. The zero-order valence-corrected chi connectivity index (χ0v) is 10.5. The number of halogens is 1. The van der Waals surface area contributed by atoms with Gasteiger partial charge in [-0.15, -0.1) is 0 Å². The smallest absolute Gasteiger partial charge is 0.229 e. The normalized spacial score (nSPS) is 32.5. The van der Waals surface area contributed by atoms with Crippen LogP contribution in [0.3, 0.4) is 0 Å². The lowest BCUT2D eigenvalue weighted by molar-refractivity contribution is -0.118. The van der Waals surface area contributed by atoms with Crippen LogP contribution in [-0.2, 0) is 4.79 Å². The number of nitrogens with zero attached hydrogens (tertiary/aromatic N) is 1. The minimum atomic E-state index is 0.173. The third kappa shape index (κ3) is 1.72. The quantitative estimate of drug-likeness (QED) is 0.908. The second kappa shape index (κ2) is 3.56. The number of carbonyl (C=O) groups is 1. The Bertz CT molecular complexity index is 396. The van der Waals surface area contributed by atoms with Gasteiger partial charge in [-0.3, -0.25) is 4.79 Å². The Morgan fingerprint density at radius 3 is 2.87 bits per heavy atom. The van der Waals surface area contributed by atoms with E-state index in [9.17, 15) is 4.79 Å². The van der Waals surface area contributed by atoms with Crippen LogP contribution in [0.15, 0.2) is 9.98 Å². The van der Waals surface area contributed by atoms with Crippen molar-refractivity contribution in [2.45, 2.75) is 19.3 Å². The van der Waals surface area contributed by atoms with Gasteiger partial charge in [-0.2, -0.15) is 0 Å². The maximum atomic E-state index is 11.8. The molecule has 1 amide bonds. The van der Waals surface area contributed by atoms with Gasteiger partial charge in [0.05, 0.1) is 9.98 Å². The molecule has 2 atom stereocenters. The van der Waals surface area contributed by atoms with Gasteiger partial charge in [-0.25, -0.2) is 4.98 Å². The number of thiazole rings is 1. The number of aromatic nitrogens is 1. The fourth-order valence-electron chi connectivity index (χ4n) is 2.71. The van der Waals surface area contributed by atoms with E-state index >= 15 is 0 Å². The van der Waals surface area contributed by atoms with Crippen LogP contribution in [0.5, 0.6) is 0 Å². The van der Waals surface area contributed by atoms with Crippen LogP contribution in [-0.4, -0.2) is 10.9 Å². The van der Waals surface area contributed by atoms with Crippen molar-refractivity contribution in [2.75, 3.05) is 5.32 Å². The first-order chi connectivity index (χ1) is 7.25. The molecule has 0 bridgehead atoms. The van der Waals surface area contributed by atoms with Crippen molar-refractivity contribution in [1.29, 1.82) is 0 Å². The molecule has 80 valence electrons. The average Bonchev–Trinajstić information content (AvgIpc) is 2.60. The van der Waals surface area contributed by atoms with E-state index in [1.807, 2.05) is 0 Å². The van der Waals surface area contributed by atoms with E-state index in [0.717, 1.165) is 3.79 Å². The molecular weight excluding hydrogens is 276 g/mol. The average molecular weight is 287 g/mol. The van der Waals surface area contributed by atoms with Gasteiger partial charge in [0, 0.05) is 5.92 Å². The van der Waals surface area contributed by atoms with Crippen LogP contribution in [0.4, 0.5) is 5.13 Å². The summed E-state index contributed by atoms with van der Waals surface area (Å²) in [5.74, 6) is 1.80. The molecular formula is C10H11BrN2OS. The Balaban J connectivity index is 1.63. The van der Waals surface area contributed by atoms with Crippen LogP contribution < -0.4 is 5.32 Å². The maximum Gasteiger partial charge on any atom is 0.229 e. The zero-order valence-electron chi connectivity index (χ0n) is 8.07. The molecule has 0 spiro atoms. The summed E-state index contributed by atoms with van der Waals surface area (Å²) < 4.78 is 0.953. The van der Waals surface area contributed by atoms with Crippen LogP contribution >= 0.6 is 27.3 Å². The van der Waals surface area contributed by atoms with Crippen molar-refractivity contribution >= 4 is 38.3 Å². The van der Waals surface area contributed by atoms with Gasteiger partial charge in [0.1, 0.15) is 0 Å². The van der Waals surface area contributed by atoms with Crippen LogP contribution in [0.2, 0.25) is 0 Å². The van der Waals surface area contributed by atoms with Gasteiger partial charge >= 0.3 is 0 Å². The molecule has 2 aliphatic rings. The standard InChI is InChI=1S/C10H11BrN2OS/c11-7-4-12-10(15-7)13-9(14)8-5-2-1-3-6(5)8/h4-6,8H,1-3H2,(H,12,13,14). The minimum Gasteiger partial charge on any atom is -0.302 e. The molecule has 2 unspecified atom stereocenters. The summed E-state index contributed by atoms with van der Waals surface area (Å²) in [5, 5.41) is 3.60. The first-order valence-corrected chi connectivity index (χ1v) is 6.79. The zero-order chi connectivity index (χ0) is 10.4. The van der Waals surface area contributed by atoms with Crippen molar-refractivity contribution < 1.29 is 4.79 Å². The van der Waals surface area contributed by atoms with Crippen LogP contribution in [0.1, 0.15) is 19.3 Å². The number of hydrogen-bond acceptors (Lipinski definition) is 3. The third-order valence-electron chi connectivity index (χ3n) is 3.42. The minimum absolute atomic E-state index is 0.173. The highest BCUT2D eigenvalue weighted by Crippen LogP contribution is 2.57. The van der Waals surface area contributed by atoms with E-state index in [4.69, 9.17) is 0 Å². The van der Waals surface area contributed by atoms with E-state index in [1.165, 1.54) is 30.6 Å². The second-order valence-corrected chi connectivity index (χ2v) is 6.65. The highest BCUT2D eigenvalue weighted by Gasteiger charge is 2.56. The summed E-state index contributed by atoms with van der Waals surface area (Å²) in [5.41, 5.74) is 0. The Hall–Kier alpha value is -0.420. The van der Waals surface area contributed by atoms with E-state index in [1.54, 1.807) is 6.20 Å². The predicted octanol–water partition coefficient (Wildman–Crippen LogP) is 2.89. The molecule has 0 radical (unpaired) electrons. The first kappa shape index (κ1) is 9.78. The van der Waals surface area contributed by atoms with Crippen molar-refractivity contribution in [3.8, 4) is 0 Å². The van der Waals surface area contributed by atoms with Crippen molar-refractivity contribution in [1.82, 2.24) is 4.98 Å². The highest BCUT2D eigenvalue weighted by molar-refractivity contribution is 9.11. The summed E-state index contributed by atoms with van der Waals surface area (Å²) in [6, 6.07) is 0. The molecule has 1 aromatic heterocycles. The predicted molar refractivity (Wildman–Crippen MR) is 62.8 cm³/mol. The van der Waals surface area contributed by atoms with E-state index < -0.39 is 0 Å². The maximum absolute atomic E-state index is 11.8. The summed E-state index contributed by atoms with van der Waals surface area (Å²) >= 11 is 4.79. The molecule has 1 heterocycles. The topological polar surface area (TPSA) is 42.0 Å². The van der Waals surface area contributed by atoms with Gasteiger partial charge in [0.15, 0.2) is 5.13 Å². The van der Waals surface area contributed by atoms with Crippen molar-refractivity contribution in [3.05, 3.63) is 9.98 Å². The van der Waals surface area contributed by atoms with Gasteiger partial charge in [-0.1, -0.05) is 17.8 Å². The van der Waals surface area contributed by atoms with Gasteiger partial charge in [-0.05, 0) is 40.6 Å². The van der Waals surface area contributed by atoms with Crippen molar-refractivity contribution in [3.63, 3.8) is 0 Å². The molecule has 2 aliphatic carbocycles. The monoisotopic (exact) mass is 286 g/mol. The number of nitrogens with one attached hydrogen (secondary N) is 1. The molecule has 0 saturated heterocycles. The first-order valence-electron chi connectivity index (χ1n) is 5.18. The molecule has 3 rings (SSSR count). The summed E-state index contributed by atoms with van der Waals surface area (Å²) in [6.07, 6.45) is 5.50. The summed E-state index contributed by atoms with van der Waals surface area (Å²) in [6.45, 7) is 0. The molecule has 2 saturated carbocycles. The van der Waals surface area contributed by atoms with Gasteiger partial charge < -0.3 is 5.32 Å². The molecule has 0 aromatic carbocycles. The number of carbonyl (C=O) groups excluding carboxylic acids is 1. The van der Waals surface area contributed by atoms with Gasteiger partial charge in [0.25, 0.3) is 0 Å². The molecule has 3 nitrogen and oxygen atoms in total. The number of anilines is 1. The second-order valence-electron chi connectivity index (χ2n) is 4.24. The lowest BCUT2D eigenvalue weighted by Gasteiger charge is -2.02. The fourth-order valence-corrected chi connectivity index (χ4v) is 3.82.